The van der Waals surface area contributed by atoms with Crippen molar-refractivity contribution in [3.63, 3.8) is 0 Å². The van der Waals surface area contributed by atoms with Crippen LogP contribution in [-0.2, 0) is 4.74 Å². The van der Waals surface area contributed by atoms with Crippen molar-refractivity contribution in [3.8, 4) is 0 Å². The van der Waals surface area contributed by atoms with Gasteiger partial charge in [-0.25, -0.2) is 4.39 Å². The minimum atomic E-state index is -0.454. The molecule has 0 radical (unpaired) electrons. The highest BCUT2D eigenvalue weighted by molar-refractivity contribution is 5.86. The van der Waals surface area contributed by atoms with E-state index in [1.165, 1.54) is 16.7 Å². The Hall–Kier alpha value is -1.53. The Morgan fingerprint density at radius 3 is 3.00 bits per heavy atom. The van der Waals surface area contributed by atoms with E-state index in [-0.39, 0.29) is 17.4 Å². The van der Waals surface area contributed by atoms with Gasteiger partial charge in [0.15, 0.2) is 0 Å². The highest BCUT2D eigenvalue weighted by Gasteiger charge is 2.25. The number of morpholine rings is 1. The Morgan fingerprint density at radius 2 is 2.29 bits per heavy atom. The summed E-state index contributed by atoms with van der Waals surface area (Å²) >= 11 is 0. The molecule has 6 heteroatoms. The summed E-state index contributed by atoms with van der Waals surface area (Å²) in [6.07, 6.45) is 1.16. The first-order valence-electron chi connectivity index (χ1n) is 5.39. The number of aromatic nitrogens is 1. The second-order valence-corrected chi connectivity index (χ2v) is 4.06. The van der Waals surface area contributed by atoms with Crippen LogP contribution in [0.25, 0.3) is 0 Å². The van der Waals surface area contributed by atoms with Crippen LogP contribution in [0.2, 0.25) is 0 Å². The second kappa shape index (κ2) is 4.77. The summed E-state index contributed by atoms with van der Waals surface area (Å²) in [6, 6.07) is 2.32. The van der Waals surface area contributed by atoms with Gasteiger partial charge < -0.3 is 4.74 Å². The molecule has 1 atom stereocenters. The van der Waals surface area contributed by atoms with Gasteiger partial charge in [0.2, 0.25) is 0 Å². The van der Waals surface area contributed by atoms with E-state index in [0.717, 1.165) is 12.7 Å². The van der Waals surface area contributed by atoms with Crippen LogP contribution in [0.3, 0.4) is 0 Å². The molecule has 1 saturated heterocycles. The highest BCUT2D eigenvalue weighted by atomic mass is 19.1. The Kier molecular flexibility index (Phi) is 3.35. The lowest BCUT2D eigenvalue weighted by molar-refractivity contribution is 0.0287. The monoisotopic (exact) mass is 238 g/mol. The zero-order valence-corrected chi connectivity index (χ0v) is 9.61. The number of hydrogen-bond donors (Lipinski definition) is 2. The Labute approximate surface area is 98.5 Å². The molecule has 1 aromatic rings. The van der Waals surface area contributed by atoms with E-state index in [2.05, 4.69) is 0 Å². The number of nitrogens with zero attached hydrogens (tertiary/aromatic N) is 2. The van der Waals surface area contributed by atoms with Crippen LogP contribution >= 0.6 is 0 Å². The molecule has 2 rings (SSSR count). The first-order chi connectivity index (χ1) is 8.09. The van der Waals surface area contributed by atoms with Gasteiger partial charge in [-0.15, -0.1) is 0 Å². The summed E-state index contributed by atoms with van der Waals surface area (Å²) in [4.78, 5) is 1.98. The fourth-order valence-corrected chi connectivity index (χ4v) is 1.81. The van der Waals surface area contributed by atoms with Crippen molar-refractivity contribution in [1.82, 2.24) is 9.47 Å². The van der Waals surface area contributed by atoms with Crippen LogP contribution in [0.5, 0.6) is 0 Å². The third-order valence-electron chi connectivity index (χ3n) is 2.88. The van der Waals surface area contributed by atoms with Crippen molar-refractivity contribution in [2.75, 3.05) is 26.8 Å². The number of rotatable bonds is 1. The molecule has 5 nitrogen and oxygen atoms in total. The van der Waals surface area contributed by atoms with Gasteiger partial charge >= 0.3 is 0 Å². The van der Waals surface area contributed by atoms with Crippen molar-refractivity contribution in [2.45, 2.75) is 6.04 Å². The van der Waals surface area contributed by atoms with Crippen molar-refractivity contribution in [3.05, 3.63) is 29.6 Å². The first-order valence-corrected chi connectivity index (χ1v) is 5.39. The zero-order valence-electron chi connectivity index (χ0n) is 9.61. The van der Waals surface area contributed by atoms with E-state index in [1.807, 2.05) is 11.9 Å². The van der Waals surface area contributed by atoms with Crippen LogP contribution in [0.1, 0.15) is 0 Å². The minimum Gasteiger partial charge on any atom is -0.378 e. The van der Waals surface area contributed by atoms with Gasteiger partial charge in [0.25, 0.3) is 0 Å². The molecule has 1 fully saturated rings. The van der Waals surface area contributed by atoms with Crippen molar-refractivity contribution in [1.29, 1.82) is 10.8 Å². The lowest BCUT2D eigenvalue weighted by atomic mass is 10.2. The van der Waals surface area contributed by atoms with Gasteiger partial charge in [-0.05, 0) is 19.2 Å². The second-order valence-electron chi connectivity index (χ2n) is 4.06. The molecule has 92 valence electrons. The van der Waals surface area contributed by atoms with E-state index >= 15 is 0 Å². The molecule has 0 unspecified atom stereocenters. The van der Waals surface area contributed by atoms with Crippen molar-refractivity contribution < 1.29 is 9.13 Å². The number of likely N-dealkylation sites (N-methyl/N-ethyl adjacent to an activating group) is 1. The van der Waals surface area contributed by atoms with Gasteiger partial charge in [0.1, 0.15) is 17.1 Å². The standard InChI is InChI=1S/C11H15FN4O/c1-15-4-5-17-7-9(15)11(14)16-6-8(12)2-3-10(16)13/h2-3,6,9,13-14H,4-5,7H2,1H3/t9-/m0/s1. The molecule has 2 heterocycles. The van der Waals surface area contributed by atoms with Gasteiger partial charge in [0, 0.05) is 12.7 Å². The minimum absolute atomic E-state index is 0.0929. The molecular weight excluding hydrogens is 223 g/mol. The quantitative estimate of drug-likeness (QED) is 0.544. The van der Waals surface area contributed by atoms with Crippen LogP contribution in [0, 0.1) is 16.6 Å². The zero-order chi connectivity index (χ0) is 12.4. The van der Waals surface area contributed by atoms with Gasteiger partial charge in [0.05, 0.1) is 19.3 Å². The van der Waals surface area contributed by atoms with Crippen LogP contribution < -0.4 is 5.49 Å². The van der Waals surface area contributed by atoms with E-state index in [1.54, 1.807) is 0 Å². The molecule has 0 spiro atoms. The predicted octanol–water partition coefficient (Wildman–Crippen LogP) is 0.263. The van der Waals surface area contributed by atoms with Gasteiger partial charge in [-0.2, -0.15) is 0 Å². The number of ether oxygens (including phenoxy) is 1. The smallest absolute Gasteiger partial charge is 0.140 e. The maximum absolute atomic E-state index is 13.1. The number of nitrogens with one attached hydrogen (secondary N) is 2. The summed E-state index contributed by atoms with van der Waals surface area (Å²) in [6.45, 7) is 1.77. The van der Waals surface area contributed by atoms with Crippen LogP contribution in [0.15, 0.2) is 18.3 Å². The third-order valence-corrected chi connectivity index (χ3v) is 2.88. The molecule has 0 aliphatic carbocycles. The third kappa shape index (κ3) is 2.42. The molecule has 0 bridgehead atoms. The lowest BCUT2D eigenvalue weighted by Crippen LogP contribution is -2.51. The van der Waals surface area contributed by atoms with Crippen molar-refractivity contribution >= 4 is 5.84 Å². The number of pyridine rings is 1. The molecule has 17 heavy (non-hydrogen) atoms. The fraction of sp³-hybridized carbons (Fsp3) is 0.455. The summed E-state index contributed by atoms with van der Waals surface area (Å²) in [7, 11) is 1.89. The average molecular weight is 238 g/mol. The summed E-state index contributed by atoms with van der Waals surface area (Å²) < 4.78 is 19.7. The predicted molar refractivity (Wildman–Crippen MR) is 60.6 cm³/mol. The van der Waals surface area contributed by atoms with Crippen LogP contribution in [-0.4, -0.2) is 48.2 Å². The van der Waals surface area contributed by atoms with Crippen LogP contribution in [0.4, 0.5) is 4.39 Å². The van der Waals surface area contributed by atoms with E-state index in [4.69, 9.17) is 15.6 Å². The molecule has 0 saturated carbocycles. The lowest BCUT2D eigenvalue weighted by Gasteiger charge is -2.33. The summed E-state index contributed by atoms with van der Waals surface area (Å²) in [5.41, 5.74) is 0.0929. The Morgan fingerprint density at radius 1 is 1.53 bits per heavy atom. The maximum atomic E-state index is 13.1. The van der Waals surface area contributed by atoms with Gasteiger partial charge in [-0.3, -0.25) is 20.3 Å². The van der Waals surface area contributed by atoms with E-state index in [0.29, 0.717) is 13.2 Å². The number of halogens is 1. The molecule has 1 aromatic heterocycles. The molecule has 0 amide bonds. The molecule has 0 aromatic carbocycles. The Balaban J connectivity index is 2.30. The topological polar surface area (TPSA) is 65.1 Å². The maximum Gasteiger partial charge on any atom is 0.140 e. The summed E-state index contributed by atoms with van der Waals surface area (Å²) in [5.74, 6) is -0.290. The molecule has 1 aliphatic heterocycles. The fourth-order valence-electron chi connectivity index (χ4n) is 1.81. The average Bonchev–Trinajstić information content (AvgIpc) is 2.32. The molecule has 1 aliphatic rings. The van der Waals surface area contributed by atoms with Gasteiger partial charge in [-0.1, -0.05) is 0 Å². The normalized spacial score (nSPS) is 21.4. The highest BCUT2D eigenvalue weighted by Crippen LogP contribution is 2.06. The van der Waals surface area contributed by atoms with E-state index < -0.39 is 5.82 Å². The first kappa shape index (κ1) is 11.9. The van der Waals surface area contributed by atoms with Crippen molar-refractivity contribution in [2.24, 2.45) is 0 Å². The number of hydrogen-bond acceptors (Lipinski definition) is 4. The molecule has 2 N–H and O–H groups in total. The Bertz CT molecular complexity index is 485. The SMILES string of the molecule is CN1CCOC[C@H]1C(=N)n1cc(F)ccc1=N. The largest absolute Gasteiger partial charge is 0.378 e. The van der Waals surface area contributed by atoms with E-state index in [9.17, 15) is 4.39 Å². The summed E-state index contributed by atoms with van der Waals surface area (Å²) in [5, 5.41) is 15.7. The molecular formula is C11H15FN4O.